The minimum absolute atomic E-state index is 0. The smallest absolute Gasteiger partial charge is 0.148 e. The molecule has 3 aromatic heterocycles. The van der Waals surface area contributed by atoms with Gasteiger partial charge in [0.1, 0.15) is 22.7 Å². The first kappa shape index (κ1) is 38.2. The van der Waals surface area contributed by atoms with Crippen molar-refractivity contribution in [2.45, 2.75) is 19.3 Å². The second-order valence-electron chi connectivity index (χ2n) is 15.8. The van der Waals surface area contributed by atoms with Gasteiger partial charge in [-0.2, -0.15) is 0 Å². The number of furan rings is 1. The molecule has 0 saturated heterocycles. The molecule has 1 N–H and O–H groups in total. The molecule has 3 heterocycles. The number of fused-ring (bicyclic) bond motifs is 6. The monoisotopic (exact) mass is 967 g/mol. The van der Waals surface area contributed by atoms with Crippen LogP contribution in [0.3, 0.4) is 0 Å². The van der Waals surface area contributed by atoms with Gasteiger partial charge in [-0.25, -0.2) is 4.98 Å². The summed E-state index contributed by atoms with van der Waals surface area (Å²) in [6.07, 6.45) is 1.83. The molecule has 0 amide bonds. The Kier molecular flexibility index (Phi) is 9.50. The summed E-state index contributed by atoms with van der Waals surface area (Å²) in [6, 6.07) is 66.1. The van der Waals surface area contributed by atoms with Crippen LogP contribution in [0.4, 0.5) is 0 Å². The third-order valence-electron chi connectivity index (χ3n) is 12.0. The molecule has 11 rings (SSSR count). The van der Waals surface area contributed by atoms with Crippen LogP contribution in [0.25, 0.3) is 94.3 Å². The molecule has 5 nitrogen and oxygen atoms in total. The Morgan fingerprint density at radius 2 is 1.30 bits per heavy atom. The van der Waals surface area contributed by atoms with Crippen LogP contribution in [0, 0.1) is 6.07 Å². The van der Waals surface area contributed by atoms with Gasteiger partial charge >= 0.3 is 0 Å². The molecule has 0 radical (unpaired) electrons. The average Bonchev–Trinajstić information content (AvgIpc) is 3.89. The van der Waals surface area contributed by atoms with E-state index in [1.165, 1.54) is 5.56 Å². The molecule has 6 heteroatoms. The van der Waals surface area contributed by atoms with Crippen molar-refractivity contribution in [1.82, 2.24) is 14.5 Å². The van der Waals surface area contributed by atoms with Gasteiger partial charge in [0.25, 0.3) is 0 Å². The molecule has 0 aliphatic heterocycles. The number of aromatic nitrogens is 3. The van der Waals surface area contributed by atoms with Crippen LogP contribution in [0.1, 0.15) is 25.0 Å². The molecule has 0 unspecified atom stereocenters. The third kappa shape index (κ3) is 6.36. The summed E-state index contributed by atoms with van der Waals surface area (Å²) in [6.45, 7) is 4.54. The fraction of sp³-hybridized carbons (Fsp3) is 0.0545. The maximum absolute atomic E-state index is 11.4. The van der Waals surface area contributed by atoms with Crippen molar-refractivity contribution < 1.29 is 30.6 Å². The predicted molar refractivity (Wildman–Crippen MR) is 244 cm³/mol. The van der Waals surface area contributed by atoms with Crippen molar-refractivity contribution >= 4 is 43.7 Å². The summed E-state index contributed by atoms with van der Waals surface area (Å²) in [5.74, 6) is 0.802. The minimum Gasteiger partial charge on any atom is -0.507 e. The molecular formula is C55H38N3O2Pt-. The number of benzene rings is 8. The molecule has 0 atom stereocenters. The van der Waals surface area contributed by atoms with E-state index in [1.807, 2.05) is 36.5 Å². The van der Waals surface area contributed by atoms with Crippen molar-refractivity contribution in [1.29, 1.82) is 0 Å². The first-order valence-electron chi connectivity index (χ1n) is 20.2. The number of hydrogen-bond acceptors (Lipinski definition) is 4. The van der Waals surface area contributed by atoms with Crippen LogP contribution in [0.2, 0.25) is 0 Å². The first-order chi connectivity index (χ1) is 29.4. The summed E-state index contributed by atoms with van der Waals surface area (Å²) < 4.78 is 8.81. The number of phenols is 1. The Balaban J connectivity index is 0.00000445. The zero-order chi connectivity index (χ0) is 40.4. The summed E-state index contributed by atoms with van der Waals surface area (Å²) in [4.78, 5) is 10.5. The van der Waals surface area contributed by atoms with Gasteiger partial charge in [-0.05, 0) is 46.8 Å². The number of para-hydroxylation sites is 3. The molecule has 8 aromatic carbocycles. The zero-order valence-corrected chi connectivity index (χ0v) is 35.7. The Hall–Kier alpha value is -7.07. The summed E-state index contributed by atoms with van der Waals surface area (Å²) in [5.41, 5.74) is 12.5. The van der Waals surface area contributed by atoms with Crippen LogP contribution in [0.15, 0.2) is 193 Å². The van der Waals surface area contributed by atoms with Crippen molar-refractivity contribution in [2.24, 2.45) is 0 Å². The molecule has 0 bridgehead atoms. The van der Waals surface area contributed by atoms with Crippen molar-refractivity contribution in [3.05, 3.63) is 205 Å². The molecule has 0 aliphatic carbocycles. The Morgan fingerprint density at radius 3 is 2.11 bits per heavy atom. The van der Waals surface area contributed by atoms with Crippen LogP contribution >= 0.6 is 0 Å². The van der Waals surface area contributed by atoms with Gasteiger partial charge < -0.3 is 9.52 Å². The molecule has 61 heavy (non-hydrogen) atoms. The van der Waals surface area contributed by atoms with E-state index in [1.54, 1.807) is 6.07 Å². The third-order valence-corrected chi connectivity index (χ3v) is 12.0. The van der Waals surface area contributed by atoms with E-state index in [4.69, 9.17) is 14.4 Å². The first-order valence-corrected chi connectivity index (χ1v) is 20.2. The van der Waals surface area contributed by atoms with E-state index in [0.29, 0.717) is 11.4 Å². The summed E-state index contributed by atoms with van der Waals surface area (Å²) in [7, 11) is 0. The largest absolute Gasteiger partial charge is 0.507 e. The van der Waals surface area contributed by atoms with Gasteiger partial charge in [0.05, 0.1) is 22.3 Å². The fourth-order valence-electron chi connectivity index (χ4n) is 8.81. The quantitative estimate of drug-likeness (QED) is 0.162. The Bertz CT molecular complexity index is 3420. The van der Waals surface area contributed by atoms with Crippen LogP contribution in [-0.2, 0) is 26.5 Å². The number of rotatable bonds is 7. The maximum Gasteiger partial charge on any atom is 0.148 e. The predicted octanol–water partition coefficient (Wildman–Crippen LogP) is 14.0. The number of aromatic hydroxyl groups is 1. The molecular weight excluding hydrogens is 930 g/mol. The van der Waals surface area contributed by atoms with E-state index < -0.39 is 0 Å². The fourth-order valence-corrected chi connectivity index (χ4v) is 8.81. The van der Waals surface area contributed by atoms with E-state index in [-0.39, 0.29) is 32.2 Å². The second-order valence-corrected chi connectivity index (χ2v) is 15.8. The number of phenolic OH excluding ortho intramolecular Hbond substituents is 1. The maximum atomic E-state index is 11.4. The van der Waals surface area contributed by atoms with Crippen molar-refractivity contribution in [2.75, 3.05) is 0 Å². The van der Waals surface area contributed by atoms with E-state index in [2.05, 4.69) is 170 Å². The van der Waals surface area contributed by atoms with E-state index >= 15 is 0 Å². The van der Waals surface area contributed by atoms with Crippen LogP contribution < -0.4 is 0 Å². The van der Waals surface area contributed by atoms with E-state index in [9.17, 15) is 5.11 Å². The van der Waals surface area contributed by atoms with Gasteiger partial charge in [-0.1, -0.05) is 165 Å². The van der Waals surface area contributed by atoms with Gasteiger partial charge in [0.2, 0.25) is 0 Å². The van der Waals surface area contributed by atoms with Gasteiger partial charge in [0, 0.05) is 60.1 Å². The summed E-state index contributed by atoms with van der Waals surface area (Å²) in [5, 5.41) is 15.5. The van der Waals surface area contributed by atoms with Gasteiger partial charge in [0.15, 0.2) is 0 Å². The Labute approximate surface area is 367 Å². The number of nitrogens with zero attached hydrogens (tertiary/aromatic N) is 3. The topological polar surface area (TPSA) is 64.1 Å². The zero-order valence-electron chi connectivity index (χ0n) is 33.4. The van der Waals surface area contributed by atoms with Crippen molar-refractivity contribution in [3.8, 4) is 56.3 Å². The van der Waals surface area contributed by atoms with Crippen LogP contribution in [-0.4, -0.2) is 19.6 Å². The van der Waals surface area contributed by atoms with Crippen molar-refractivity contribution in [3.63, 3.8) is 0 Å². The van der Waals surface area contributed by atoms with Gasteiger partial charge in [-0.3, -0.25) is 9.55 Å². The molecule has 0 fully saturated rings. The van der Waals surface area contributed by atoms with Gasteiger partial charge in [-0.15, -0.1) is 29.3 Å². The molecule has 0 spiro atoms. The summed E-state index contributed by atoms with van der Waals surface area (Å²) >= 11 is 0. The average molecular weight is 968 g/mol. The number of hydrogen-bond donors (Lipinski definition) is 1. The number of pyridine rings is 1. The number of imidazole rings is 1. The molecule has 0 saturated carbocycles. The molecule has 296 valence electrons. The minimum atomic E-state index is -0.384. The SMILES string of the molecule is CC(C)(c1ccccc1)c1cc(-c2cccc3c2nc(-c2ccccc2O)n3-c2ccccc2-c2ccccc2)[c-]c(-c2nccc3oc4c5ccccc5ccc4c23)c1.[Pt]. The normalized spacial score (nSPS) is 11.7. The molecule has 0 aliphatic rings. The molecule has 11 aromatic rings. The standard InChI is InChI=1S/C55H38N3O2.Pt/c1-55(2,39-19-7-4-8-20-39)40-33-37(32-38(34-40)51-50-45-29-28-36-18-9-10-22-43(36)53(45)60-49(50)30-31-56-51)42-24-15-26-47-52(42)57-54(44-23-12-14-27-48(44)59)58(47)46-25-13-11-21-41(46)35-16-5-3-6-17-35;/h3-31,33-34,59H,1-2H3;/q-1;. The van der Waals surface area contributed by atoms with Crippen LogP contribution in [0.5, 0.6) is 5.75 Å². The second kappa shape index (κ2) is 15.2. The Morgan fingerprint density at radius 1 is 0.607 bits per heavy atom. The van der Waals surface area contributed by atoms with E-state index in [0.717, 1.165) is 88.5 Å².